The highest BCUT2D eigenvalue weighted by molar-refractivity contribution is 6.31. The van der Waals surface area contributed by atoms with E-state index in [4.69, 9.17) is 40.9 Å². The number of benzene rings is 4. The molecule has 0 aliphatic carbocycles. The van der Waals surface area contributed by atoms with Crippen molar-refractivity contribution in [1.29, 1.82) is 0 Å². The lowest BCUT2D eigenvalue weighted by molar-refractivity contribution is -0.135. The summed E-state index contributed by atoms with van der Waals surface area (Å²) < 4.78 is 11.7. The van der Waals surface area contributed by atoms with Gasteiger partial charge in [0.25, 0.3) is 11.9 Å². The molecule has 0 aromatic heterocycles. The number of aliphatic carboxylic acids is 2. The summed E-state index contributed by atoms with van der Waals surface area (Å²) in [5.41, 5.74) is 0. The molecule has 4 aromatic carbocycles. The fourth-order valence-electron chi connectivity index (χ4n) is 2.78. The highest BCUT2D eigenvalue weighted by atomic mass is 35.5. The van der Waals surface area contributed by atoms with E-state index < -0.39 is 11.9 Å². The van der Waals surface area contributed by atoms with Gasteiger partial charge >= 0.3 is 0 Å². The Bertz CT molecular complexity index is 1270. The van der Waals surface area contributed by atoms with Crippen LogP contribution in [0.25, 0.3) is 10.8 Å². The molecule has 0 spiro atoms. The molecule has 8 nitrogen and oxygen atoms in total. The Morgan fingerprint density at radius 1 is 0.657 bits per heavy atom. The summed E-state index contributed by atoms with van der Waals surface area (Å²) in [6, 6.07) is 22.7. The van der Waals surface area contributed by atoms with Crippen LogP contribution in [0, 0.1) is 0 Å². The van der Waals surface area contributed by atoms with Crippen molar-refractivity contribution in [1.82, 2.24) is 0 Å². The molecule has 0 aliphatic rings. The van der Waals surface area contributed by atoms with Crippen molar-refractivity contribution in [3.63, 3.8) is 0 Å². The van der Waals surface area contributed by atoms with E-state index in [2.05, 4.69) is 0 Å². The zero-order chi connectivity index (χ0) is 26.0. The monoisotopic (exact) mass is 498 g/mol. The van der Waals surface area contributed by atoms with Crippen LogP contribution >= 0.6 is 11.6 Å². The Kier molecular flexibility index (Phi) is 9.74. The highest BCUT2D eigenvalue weighted by Gasteiger charge is 2.23. The Morgan fingerprint density at radius 2 is 1.03 bits per heavy atom. The van der Waals surface area contributed by atoms with E-state index in [9.17, 15) is 10.2 Å². The lowest BCUT2D eigenvalue weighted by atomic mass is 10.1. The number of rotatable bonds is 4. The standard InChI is InChI=1S/C22H15ClO4.2C2H4O2/c23-14-11-12-17-18(13-14)20(25)22(27-16-9-5-2-6-10-16)21(19(17)24)26-15-7-3-1-4-8-15;2*1-2(3)4/h1-13,24-25H;2*1H3,(H,3,4). The number of para-hydroxylation sites is 2. The van der Waals surface area contributed by atoms with Crippen LogP contribution in [-0.4, -0.2) is 32.4 Å². The van der Waals surface area contributed by atoms with Gasteiger partial charge in [-0.3, -0.25) is 9.59 Å². The SMILES string of the molecule is CC(=O)O.CC(=O)O.Oc1c(Oc2ccccc2)c(Oc2ccccc2)c(O)c2cc(Cl)ccc12. The van der Waals surface area contributed by atoms with Gasteiger partial charge in [0, 0.05) is 29.6 Å². The van der Waals surface area contributed by atoms with E-state index >= 15 is 0 Å². The topological polar surface area (TPSA) is 134 Å². The molecule has 0 aliphatic heterocycles. The number of ether oxygens (including phenoxy) is 2. The minimum absolute atomic E-state index is 0.0114. The molecule has 9 heteroatoms. The van der Waals surface area contributed by atoms with Crippen LogP contribution in [0.2, 0.25) is 5.02 Å². The van der Waals surface area contributed by atoms with E-state index in [-0.39, 0.29) is 23.0 Å². The van der Waals surface area contributed by atoms with Gasteiger partial charge in [-0.1, -0.05) is 48.0 Å². The number of carboxylic acid groups (broad SMARTS) is 2. The Morgan fingerprint density at radius 3 is 1.43 bits per heavy atom. The molecule has 0 unspecified atom stereocenters. The summed E-state index contributed by atoms with van der Waals surface area (Å²) in [6.07, 6.45) is 0. The van der Waals surface area contributed by atoms with Gasteiger partial charge in [0.05, 0.1) is 0 Å². The van der Waals surface area contributed by atoms with Crippen molar-refractivity contribution in [3.8, 4) is 34.5 Å². The number of carboxylic acids is 2. The molecule has 0 saturated heterocycles. The van der Waals surface area contributed by atoms with Crippen molar-refractivity contribution < 1.29 is 39.5 Å². The minimum atomic E-state index is -0.833. The fraction of sp³-hybridized carbons (Fsp3) is 0.0769. The van der Waals surface area contributed by atoms with Crippen molar-refractivity contribution >= 4 is 34.3 Å². The first-order valence-electron chi connectivity index (χ1n) is 10.1. The van der Waals surface area contributed by atoms with Gasteiger partial charge in [-0.15, -0.1) is 0 Å². The number of phenols is 2. The molecule has 4 N–H and O–H groups in total. The van der Waals surface area contributed by atoms with Gasteiger partial charge in [-0.2, -0.15) is 0 Å². The maximum absolute atomic E-state index is 10.8. The van der Waals surface area contributed by atoms with Crippen LogP contribution in [0.15, 0.2) is 78.9 Å². The second-order valence-corrected chi connectivity index (χ2v) is 7.35. The van der Waals surface area contributed by atoms with Crippen LogP contribution in [-0.2, 0) is 9.59 Å². The minimum Gasteiger partial charge on any atom is -0.504 e. The summed E-state index contributed by atoms with van der Waals surface area (Å²) in [4.78, 5) is 18.0. The normalized spacial score (nSPS) is 9.69. The fourth-order valence-corrected chi connectivity index (χ4v) is 2.95. The third-order valence-electron chi connectivity index (χ3n) is 4.05. The van der Waals surface area contributed by atoms with Crippen molar-refractivity contribution in [3.05, 3.63) is 83.9 Å². The number of aromatic hydroxyl groups is 2. The molecule has 0 saturated carbocycles. The van der Waals surface area contributed by atoms with E-state index in [1.54, 1.807) is 42.5 Å². The Hall–Kier alpha value is -4.43. The van der Waals surface area contributed by atoms with Crippen LogP contribution in [0.5, 0.6) is 34.5 Å². The molecular formula is C26H23ClO8. The molecular weight excluding hydrogens is 476 g/mol. The van der Waals surface area contributed by atoms with Gasteiger partial charge in [0.1, 0.15) is 11.5 Å². The van der Waals surface area contributed by atoms with Gasteiger partial charge < -0.3 is 29.9 Å². The molecule has 0 amide bonds. The molecule has 0 heterocycles. The highest BCUT2D eigenvalue weighted by Crippen LogP contribution is 2.53. The number of fused-ring (bicyclic) bond motifs is 1. The molecule has 182 valence electrons. The van der Waals surface area contributed by atoms with E-state index in [0.717, 1.165) is 13.8 Å². The molecule has 4 rings (SSSR count). The third kappa shape index (κ3) is 8.13. The molecule has 0 atom stereocenters. The molecule has 35 heavy (non-hydrogen) atoms. The summed E-state index contributed by atoms with van der Waals surface area (Å²) in [7, 11) is 0. The summed E-state index contributed by atoms with van der Waals surface area (Å²) in [5, 5.41) is 37.7. The van der Waals surface area contributed by atoms with Crippen LogP contribution in [0.4, 0.5) is 0 Å². The summed E-state index contributed by atoms with van der Waals surface area (Å²) >= 11 is 6.06. The Labute approximate surface area is 206 Å². The first-order valence-corrected chi connectivity index (χ1v) is 10.5. The van der Waals surface area contributed by atoms with Gasteiger partial charge in [-0.05, 0) is 42.5 Å². The summed E-state index contributed by atoms with van der Waals surface area (Å²) in [6.45, 7) is 2.17. The average molecular weight is 499 g/mol. The van der Waals surface area contributed by atoms with Crippen LogP contribution < -0.4 is 9.47 Å². The Balaban J connectivity index is 0.000000473. The number of hydrogen-bond acceptors (Lipinski definition) is 6. The zero-order valence-corrected chi connectivity index (χ0v) is 19.6. The van der Waals surface area contributed by atoms with Gasteiger partial charge in [0.2, 0.25) is 11.5 Å². The number of hydrogen-bond donors (Lipinski definition) is 4. The maximum Gasteiger partial charge on any atom is 0.300 e. The lowest BCUT2D eigenvalue weighted by Gasteiger charge is -2.17. The van der Waals surface area contributed by atoms with Crippen LogP contribution in [0.1, 0.15) is 13.8 Å². The van der Waals surface area contributed by atoms with Crippen LogP contribution in [0.3, 0.4) is 0 Å². The number of carbonyl (C=O) groups is 2. The lowest BCUT2D eigenvalue weighted by Crippen LogP contribution is -1.93. The smallest absolute Gasteiger partial charge is 0.300 e. The average Bonchev–Trinajstić information content (AvgIpc) is 2.80. The van der Waals surface area contributed by atoms with E-state index in [1.807, 2.05) is 36.4 Å². The largest absolute Gasteiger partial charge is 0.504 e. The first kappa shape index (κ1) is 26.8. The predicted molar refractivity (Wildman–Crippen MR) is 132 cm³/mol. The molecule has 4 aromatic rings. The zero-order valence-electron chi connectivity index (χ0n) is 18.8. The summed E-state index contributed by atoms with van der Waals surface area (Å²) in [5.74, 6) is -0.950. The second-order valence-electron chi connectivity index (χ2n) is 6.91. The molecule has 0 radical (unpaired) electrons. The van der Waals surface area contributed by atoms with Gasteiger partial charge in [0.15, 0.2) is 11.5 Å². The molecule has 0 bridgehead atoms. The second kappa shape index (κ2) is 12.7. The quantitative estimate of drug-likeness (QED) is 0.229. The van der Waals surface area contributed by atoms with E-state index in [0.29, 0.717) is 27.3 Å². The molecule has 0 fully saturated rings. The van der Waals surface area contributed by atoms with Crippen molar-refractivity contribution in [2.75, 3.05) is 0 Å². The van der Waals surface area contributed by atoms with Crippen molar-refractivity contribution in [2.45, 2.75) is 13.8 Å². The number of halogens is 1. The van der Waals surface area contributed by atoms with Gasteiger partial charge in [-0.25, -0.2) is 0 Å². The third-order valence-corrected chi connectivity index (χ3v) is 4.29. The van der Waals surface area contributed by atoms with E-state index in [1.165, 1.54) is 0 Å². The van der Waals surface area contributed by atoms with Crippen molar-refractivity contribution in [2.24, 2.45) is 0 Å². The maximum atomic E-state index is 10.8. The predicted octanol–water partition coefficient (Wildman–Crippen LogP) is 6.67. The number of phenolic OH excluding ortho intramolecular Hbond substituents is 2. The first-order chi connectivity index (χ1) is 16.6.